The summed E-state index contributed by atoms with van der Waals surface area (Å²) < 4.78 is 21.5. The van der Waals surface area contributed by atoms with Gasteiger partial charge in [0.05, 0.1) is 16.6 Å². The van der Waals surface area contributed by atoms with Gasteiger partial charge in [0.1, 0.15) is 17.8 Å². The summed E-state index contributed by atoms with van der Waals surface area (Å²) in [7, 11) is 0. The van der Waals surface area contributed by atoms with Gasteiger partial charge < -0.3 is 15.2 Å². The van der Waals surface area contributed by atoms with E-state index in [2.05, 4.69) is 5.32 Å². The lowest BCUT2D eigenvalue weighted by Gasteiger charge is -2.38. The summed E-state index contributed by atoms with van der Waals surface area (Å²) in [5.41, 5.74) is 0.348. The number of carbonyl (C=O) groups is 3. The van der Waals surface area contributed by atoms with E-state index in [1.54, 1.807) is 42.5 Å². The monoisotopic (exact) mass is 598 g/mol. The maximum absolute atomic E-state index is 15.8. The largest absolute Gasteiger partial charge is 0.478 e. The third kappa shape index (κ3) is 5.15. The summed E-state index contributed by atoms with van der Waals surface area (Å²) in [4.78, 5) is 40.5. The Labute approximate surface area is 247 Å². The summed E-state index contributed by atoms with van der Waals surface area (Å²) in [6, 6.07) is 14.5. The number of benzene rings is 3. The van der Waals surface area contributed by atoms with Crippen molar-refractivity contribution < 1.29 is 28.6 Å². The van der Waals surface area contributed by atoms with Crippen LogP contribution in [0.3, 0.4) is 0 Å². The predicted octanol–water partition coefficient (Wildman–Crippen LogP) is 7.47. The second-order valence-corrected chi connectivity index (χ2v) is 12.6. The molecule has 5 rings (SSSR count). The molecule has 2 N–H and O–H groups in total. The zero-order chi connectivity index (χ0) is 29.7. The maximum atomic E-state index is 15.8. The highest BCUT2D eigenvalue weighted by Crippen LogP contribution is 2.60. The highest BCUT2D eigenvalue weighted by molar-refractivity contribution is 6.31. The lowest BCUT2D eigenvalue weighted by Crippen LogP contribution is -2.46. The molecular weight excluding hydrogens is 570 g/mol. The summed E-state index contributed by atoms with van der Waals surface area (Å²) in [5, 5.41) is 12.4. The number of hydrogen-bond donors (Lipinski definition) is 2. The van der Waals surface area contributed by atoms with Crippen molar-refractivity contribution in [3.8, 4) is 0 Å². The molecule has 3 aromatic carbocycles. The number of carbonyl (C=O) groups excluding carboxylic acids is 2. The van der Waals surface area contributed by atoms with Crippen LogP contribution < -0.4 is 5.32 Å². The molecular formula is C31H29Cl2FN2O5. The standard InChI is InChI=1S/C31H29Cl2FN2O5/c1-30(2,3)14-19-15-36(29(40)41-16-17-7-9-18(10-8-17)27(37)38)26(21-5-4-6-23(33)25(21)34)31(19)22-12-11-20(32)13-24(22)35-28(31)39/h4-13,19,26H,14-16H2,1-3H3,(H,35,39)(H,37,38). The van der Waals surface area contributed by atoms with Gasteiger partial charge in [0, 0.05) is 22.8 Å². The molecule has 0 saturated carbocycles. The number of nitrogens with one attached hydrogen (secondary N) is 1. The molecule has 2 aliphatic heterocycles. The molecule has 0 aromatic heterocycles. The average molecular weight is 599 g/mol. The first-order valence-electron chi connectivity index (χ1n) is 13.1. The summed E-state index contributed by atoms with van der Waals surface area (Å²) in [6.45, 7) is 6.13. The van der Waals surface area contributed by atoms with Crippen molar-refractivity contribution >= 4 is 46.9 Å². The Morgan fingerprint density at radius 1 is 1.12 bits per heavy atom. The number of likely N-dealkylation sites (tertiary alicyclic amines) is 1. The van der Waals surface area contributed by atoms with Crippen molar-refractivity contribution in [1.82, 2.24) is 4.90 Å². The predicted molar refractivity (Wildman–Crippen MR) is 154 cm³/mol. The zero-order valence-corrected chi connectivity index (χ0v) is 24.2. The normalized spacial score (nSPS) is 21.6. The van der Waals surface area contributed by atoms with Gasteiger partial charge in [-0.2, -0.15) is 0 Å². The number of halogens is 3. The van der Waals surface area contributed by atoms with Crippen LogP contribution in [0.4, 0.5) is 14.9 Å². The van der Waals surface area contributed by atoms with E-state index >= 15 is 4.39 Å². The van der Waals surface area contributed by atoms with E-state index in [9.17, 15) is 14.4 Å². The fourth-order valence-electron chi connectivity index (χ4n) is 6.22. The van der Waals surface area contributed by atoms with Crippen molar-refractivity contribution in [2.45, 2.75) is 45.3 Å². The molecule has 2 heterocycles. The fraction of sp³-hybridized carbons (Fsp3) is 0.323. The average Bonchev–Trinajstić information content (AvgIpc) is 3.38. The highest BCUT2D eigenvalue weighted by atomic mass is 35.5. The van der Waals surface area contributed by atoms with Crippen LogP contribution in [0.15, 0.2) is 60.7 Å². The van der Waals surface area contributed by atoms with Crippen molar-refractivity contribution in [2.24, 2.45) is 11.3 Å². The van der Waals surface area contributed by atoms with Gasteiger partial charge in [-0.15, -0.1) is 0 Å². The number of nitrogens with zero attached hydrogens (tertiary/aromatic N) is 1. The van der Waals surface area contributed by atoms with Crippen LogP contribution >= 0.6 is 23.2 Å². The molecule has 0 bridgehead atoms. The van der Waals surface area contributed by atoms with Crippen molar-refractivity contribution in [3.05, 3.63) is 98.8 Å². The number of anilines is 1. The van der Waals surface area contributed by atoms with Gasteiger partial charge in [0.2, 0.25) is 5.91 Å². The van der Waals surface area contributed by atoms with Crippen LogP contribution in [0, 0.1) is 17.2 Å². The molecule has 3 atom stereocenters. The molecule has 0 aliphatic carbocycles. The summed E-state index contributed by atoms with van der Waals surface area (Å²) >= 11 is 12.5. The van der Waals surface area contributed by atoms with Crippen LogP contribution in [0.5, 0.6) is 0 Å². The molecule has 41 heavy (non-hydrogen) atoms. The van der Waals surface area contributed by atoms with E-state index < -0.39 is 35.3 Å². The molecule has 2 aliphatic rings. The lowest BCUT2D eigenvalue weighted by molar-refractivity contribution is -0.123. The Morgan fingerprint density at radius 3 is 2.49 bits per heavy atom. The molecule has 1 saturated heterocycles. The quantitative estimate of drug-likeness (QED) is 0.317. The fourth-order valence-corrected chi connectivity index (χ4v) is 6.58. The third-order valence-corrected chi connectivity index (χ3v) is 8.31. The number of fused-ring (bicyclic) bond motifs is 2. The molecule has 7 nitrogen and oxygen atoms in total. The van der Waals surface area contributed by atoms with Gasteiger partial charge >= 0.3 is 12.1 Å². The number of carboxylic acid groups (broad SMARTS) is 1. The van der Waals surface area contributed by atoms with E-state index in [4.69, 9.17) is 33.0 Å². The van der Waals surface area contributed by atoms with Crippen LogP contribution in [-0.2, 0) is 21.6 Å². The van der Waals surface area contributed by atoms with Crippen molar-refractivity contribution in [1.29, 1.82) is 0 Å². The van der Waals surface area contributed by atoms with E-state index in [1.165, 1.54) is 23.1 Å². The first-order valence-corrected chi connectivity index (χ1v) is 13.9. The molecule has 1 fully saturated rings. The second-order valence-electron chi connectivity index (χ2n) is 11.7. The molecule has 3 aromatic rings. The summed E-state index contributed by atoms with van der Waals surface area (Å²) in [6.07, 6.45) is -0.190. The number of aromatic carboxylic acids is 1. The summed E-state index contributed by atoms with van der Waals surface area (Å²) in [5.74, 6) is -2.54. The molecule has 0 radical (unpaired) electrons. The molecule has 214 valence electrons. The van der Waals surface area contributed by atoms with Crippen LogP contribution in [0.2, 0.25) is 10.0 Å². The Hall–Kier alpha value is -3.62. The second kappa shape index (κ2) is 10.7. The SMILES string of the molecule is CC(C)(C)CC1CN(C(=O)OCc2ccc(C(=O)O)cc2)C(c2cccc(Cl)c2F)C12C(=O)Nc1cc(Cl)ccc12. The number of hydrogen-bond acceptors (Lipinski definition) is 4. The highest BCUT2D eigenvalue weighted by Gasteiger charge is 2.65. The minimum Gasteiger partial charge on any atom is -0.478 e. The minimum atomic E-state index is -1.35. The number of ether oxygens (including phenoxy) is 1. The Bertz CT molecular complexity index is 1540. The molecule has 1 spiro atoms. The lowest BCUT2D eigenvalue weighted by atomic mass is 9.63. The van der Waals surface area contributed by atoms with Gasteiger partial charge in [-0.3, -0.25) is 9.69 Å². The van der Waals surface area contributed by atoms with Gasteiger partial charge in [0.15, 0.2) is 0 Å². The molecule has 10 heteroatoms. The number of amides is 2. The van der Waals surface area contributed by atoms with Crippen LogP contribution in [0.25, 0.3) is 0 Å². The Balaban J connectivity index is 1.62. The van der Waals surface area contributed by atoms with Gasteiger partial charge in [-0.1, -0.05) is 74.3 Å². The van der Waals surface area contributed by atoms with Crippen molar-refractivity contribution in [3.63, 3.8) is 0 Å². The Kier molecular flexibility index (Phi) is 7.51. The third-order valence-electron chi connectivity index (χ3n) is 7.79. The number of rotatable bonds is 5. The van der Waals surface area contributed by atoms with Gasteiger partial charge in [-0.25, -0.2) is 14.0 Å². The Morgan fingerprint density at radius 2 is 1.83 bits per heavy atom. The van der Waals surface area contributed by atoms with Gasteiger partial charge in [-0.05, 0) is 59.2 Å². The first kappa shape index (κ1) is 28.9. The number of carboxylic acids is 1. The van der Waals surface area contributed by atoms with Gasteiger partial charge in [0.25, 0.3) is 0 Å². The smallest absolute Gasteiger partial charge is 0.410 e. The van der Waals surface area contributed by atoms with Crippen molar-refractivity contribution in [2.75, 3.05) is 11.9 Å². The van der Waals surface area contributed by atoms with E-state index in [0.29, 0.717) is 28.3 Å². The first-order chi connectivity index (χ1) is 19.3. The topological polar surface area (TPSA) is 95.9 Å². The maximum Gasteiger partial charge on any atom is 0.410 e. The van der Waals surface area contributed by atoms with Crippen LogP contribution in [-0.4, -0.2) is 34.5 Å². The molecule has 2 amide bonds. The van der Waals surface area contributed by atoms with Crippen LogP contribution in [0.1, 0.15) is 60.3 Å². The van der Waals surface area contributed by atoms with E-state index in [0.717, 1.165) is 0 Å². The molecule has 3 unspecified atom stereocenters. The van der Waals surface area contributed by atoms with E-state index in [1.807, 2.05) is 20.8 Å². The van der Waals surface area contributed by atoms with E-state index in [-0.39, 0.29) is 40.6 Å². The minimum absolute atomic E-state index is 0.106. The zero-order valence-electron chi connectivity index (χ0n) is 22.7.